The van der Waals surface area contributed by atoms with Gasteiger partial charge in [-0.3, -0.25) is 14.4 Å². The smallest absolute Gasteiger partial charge is 0.261 e. The molecule has 0 radical (unpaired) electrons. The van der Waals surface area contributed by atoms with Gasteiger partial charge in [0.25, 0.3) is 10.0 Å². The van der Waals surface area contributed by atoms with Crippen LogP contribution in [0.3, 0.4) is 0 Å². The molecule has 34 heavy (non-hydrogen) atoms. The first kappa shape index (κ1) is 24.5. The molecular weight excluding hydrogens is 454 g/mol. The van der Waals surface area contributed by atoms with Crippen LogP contribution in [0.4, 0.5) is 5.69 Å². The number of hydrogen-bond acceptors (Lipinski definition) is 6. The lowest BCUT2D eigenvalue weighted by Gasteiger charge is -2.26. The van der Waals surface area contributed by atoms with Crippen molar-refractivity contribution in [1.29, 1.82) is 0 Å². The lowest BCUT2D eigenvalue weighted by atomic mass is 9.95. The molecule has 1 amide bonds. The Morgan fingerprint density at radius 3 is 2.35 bits per heavy atom. The van der Waals surface area contributed by atoms with Crippen molar-refractivity contribution in [3.63, 3.8) is 0 Å². The number of anilines is 1. The highest BCUT2D eigenvalue weighted by Crippen LogP contribution is 2.48. The third kappa shape index (κ3) is 5.89. The van der Waals surface area contributed by atoms with Gasteiger partial charge in [0.05, 0.1) is 30.1 Å². The zero-order valence-electron chi connectivity index (χ0n) is 19.6. The summed E-state index contributed by atoms with van der Waals surface area (Å²) in [7, 11) is -3.72. The first-order chi connectivity index (χ1) is 16.4. The lowest BCUT2D eigenvalue weighted by molar-refractivity contribution is -0.123. The van der Waals surface area contributed by atoms with Crippen LogP contribution in [-0.4, -0.2) is 65.2 Å². The van der Waals surface area contributed by atoms with E-state index in [9.17, 15) is 13.2 Å². The van der Waals surface area contributed by atoms with Crippen molar-refractivity contribution < 1.29 is 22.7 Å². The molecule has 1 aliphatic carbocycles. The van der Waals surface area contributed by atoms with E-state index in [2.05, 4.69) is 14.9 Å². The summed E-state index contributed by atoms with van der Waals surface area (Å²) >= 11 is 0. The van der Waals surface area contributed by atoms with Crippen molar-refractivity contribution in [2.45, 2.75) is 36.5 Å². The van der Waals surface area contributed by atoms with Gasteiger partial charge in [-0.1, -0.05) is 12.1 Å². The minimum absolute atomic E-state index is 0.0530. The standard InChI is InChI=1S/C25H33N3O5S/c1-2-33-22-8-10-23(11-9-22)34(30,31)27-21-6-4-20(5-7-21)25(12-13-25)24(29)26-14-3-15-28-16-18-32-19-17-28/h4-11,27H,2-3,12-19H2,1H3,(H,26,29). The van der Waals surface area contributed by atoms with Crippen LogP contribution in [0.1, 0.15) is 31.7 Å². The molecule has 1 saturated heterocycles. The third-order valence-corrected chi connectivity index (χ3v) is 7.76. The molecule has 0 unspecified atom stereocenters. The Morgan fingerprint density at radius 2 is 1.74 bits per heavy atom. The number of carbonyl (C=O) groups is 1. The average molecular weight is 488 g/mol. The Hall–Kier alpha value is -2.62. The molecule has 1 saturated carbocycles. The van der Waals surface area contributed by atoms with E-state index in [0.29, 0.717) is 24.6 Å². The SMILES string of the molecule is CCOc1ccc(S(=O)(=O)Nc2ccc(C3(C(=O)NCCCN4CCOCC4)CC3)cc2)cc1. The summed E-state index contributed by atoms with van der Waals surface area (Å²) in [5.41, 5.74) is 0.882. The van der Waals surface area contributed by atoms with Gasteiger partial charge in [0.2, 0.25) is 5.91 Å². The molecular formula is C25H33N3O5S. The van der Waals surface area contributed by atoms with Crippen molar-refractivity contribution >= 4 is 21.6 Å². The van der Waals surface area contributed by atoms with Gasteiger partial charge in [0.1, 0.15) is 5.75 Å². The number of sulfonamides is 1. The largest absolute Gasteiger partial charge is 0.494 e. The summed E-state index contributed by atoms with van der Waals surface area (Å²) in [4.78, 5) is 15.4. The van der Waals surface area contributed by atoms with Crippen molar-refractivity contribution in [2.24, 2.45) is 0 Å². The van der Waals surface area contributed by atoms with Crippen LogP contribution in [0.15, 0.2) is 53.4 Å². The van der Waals surface area contributed by atoms with E-state index in [4.69, 9.17) is 9.47 Å². The van der Waals surface area contributed by atoms with Crippen molar-refractivity contribution in [3.05, 3.63) is 54.1 Å². The van der Waals surface area contributed by atoms with E-state index in [1.807, 2.05) is 19.1 Å². The molecule has 184 valence electrons. The topological polar surface area (TPSA) is 97.0 Å². The summed E-state index contributed by atoms with van der Waals surface area (Å²) in [5.74, 6) is 0.678. The van der Waals surface area contributed by atoms with E-state index in [0.717, 1.165) is 57.7 Å². The van der Waals surface area contributed by atoms with Gasteiger partial charge in [0.15, 0.2) is 0 Å². The van der Waals surface area contributed by atoms with Crippen LogP contribution in [0.2, 0.25) is 0 Å². The van der Waals surface area contributed by atoms with Gasteiger partial charge in [-0.05, 0) is 74.7 Å². The average Bonchev–Trinajstić information content (AvgIpc) is 3.65. The Bertz CT molecular complexity index is 1060. The molecule has 2 aliphatic rings. The quantitative estimate of drug-likeness (QED) is 0.473. The van der Waals surface area contributed by atoms with Gasteiger partial charge in [-0.15, -0.1) is 0 Å². The minimum Gasteiger partial charge on any atom is -0.494 e. The molecule has 2 aromatic carbocycles. The number of rotatable bonds is 11. The fourth-order valence-electron chi connectivity index (χ4n) is 4.22. The number of nitrogens with zero attached hydrogens (tertiary/aromatic N) is 1. The summed E-state index contributed by atoms with van der Waals surface area (Å²) in [6, 6.07) is 13.4. The van der Waals surface area contributed by atoms with Crippen molar-refractivity contribution in [1.82, 2.24) is 10.2 Å². The molecule has 2 N–H and O–H groups in total. The van der Waals surface area contributed by atoms with Gasteiger partial charge >= 0.3 is 0 Å². The third-order valence-electron chi connectivity index (χ3n) is 6.36. The van der Waals surface area contributed by atoms with Crippen LogP contribution in [0, 0.1) is 0 Å². The second kappa shape index (κ2) is 10.8. The Kier molecular flexibility index (Phi) is 7.75. The van der Waals surface area contributed by atoms with Gasteiger partial charge in [-0.25, -0.2) is 8.42 Å². The number of nitrogens with one attached hydrogen (secondary N) is 2. The van der Waals surface area contributed by atoms with Crippen molar-refractivity contribution in [3.8, 4) is 5.75 Å². The predicted octanol–water partition coefficient (Wildman–Crippen LogP) is 2.76. The fraction of sp³-hybridized carbons (Fsp3) is 0.480. The number of hydrogen-bond donors (Lipinski definition) is 2. The van der Waals surface area contributed by atoms with E-state index in [1.54, 1.807) is 24.3 Å². The summed E-state index contributed by atoms with van der Waals surface area (Å²) in [6.45, 7) is 7.46. The number of ether oxygens (including phenoxy) is 2. The molecule has 0 aromatic heterocycles. The first-order valence-electron chi connectivity index (χ1n) is 11.9. The van der Waals surface area contributed by atoms with Crippen LogP contribution in [-0.2, 0) is 25.0 Å². The maximum atomic E-state index is 12.9. The summed E-state index contributed by atoms with van der Waals surface area (Å²) in [5, 5.41) is 3.09. The van der Waals surface area contributed by atoms with E-state index >= 15 is 0 Å². The maximum absolute atomic E-state index is 12.9. The highest BCUT2D eigenvalue weighted by atomic mass is 32.2. The van der Waals surface area contributed by atoms with E-state index in [-0.39, 0.29) is 10.8 Å². The summed E-state index contributed by atoms with van der Waals surface area (Å²) < 4.78 is 38.7. The summed E-state index contributed by atoms with van der Waals surface area (Å²) in [6.07, 6.45) is 2.52. The Morgan fingerprint density at radius 1 is 1.06 bits per heavy atom. The molecule has 1 heterocycles. The predicted molar refractivity (Wildman–Crippen MR) is 131 cm³/mol. The maximum Gasteiger partial charge on any atom is 0.261 e. The Balaban J connectivity index is 1.31. The number of morpholine rings is 1. The Labute approximate surface area is 201 Å². The highest BCUT2D eigenvalue weighted by molar-refractivity contribution is 7.92. The second-order valence-corrected chi connectivity index (χ2v) is 10.4. The molecule has 0 spiro atoms. The zero-order valence-corrected chi connectivity index (χ0v) is 20.4. The van der Waals surface area contributed by atoms with Gasteiger partial charge < -0.3 is 14.8 Å². The fourth-order valence-corrected chi connectivity index (χ4v) is 5.28. The molecule has 8 nitrogen and oxygen atoms in total. The normalized spacial score (nSPS) is 17.7. The molecule has 2 aromatic rings. The number of carbonyl (C=O) groups excluding carboxylic acids is 1. The molecule has 4 rings (SSSR count). The monoisotopic (exact) mass is 487 g/mol. The van der Waals surface area contributed by atoms with Crippen molar-refractivity contribution in [2.75, 3.05) is 50.7 Å². The van der Waals surface area contributed by atoms with Gasteiger partial charge in [-0.2, -0.15) is 0 Å². The lowest BCUT2D eigenvalue weighted by Crippen LogP contribution is -2.39. The molecule has 2 fully saturated rings. The first-order valence-corrected chi connectivity index (χ1v) is 13.4. The zero-order chi connectivity index (χ0) is 24.0. The molecule has 0 bridgehead atoms. The number of amides is 1. The minimum atomic E-state index is -3.72. The van der Waals surface area contributed by atoms with Crippen LogP contribution >= 0.6 is 0 Å². The van der Waals surface area contributed by atoms with Crippen LogP contribution < -0.4 is 14.8 Å². The van der Waals surface area contributed by atoms with Crippen LogP contribution in [0.5, 0.6) is 5.75 Å². The van der Waals surface area contributed by atoms with E-state index in [1.165, 1.54) is 12.1 Å². The van der Waals surface area contributed by atoms with Gasteiger partial charge in [0, 0.05) is 25.3 Å². The molecule has 0 atom stereocenters. The van der Waals surface area contributed by atoms with E-state index < -0.39 is 15.4 Å². The second-order valence-electron chi connectivity index (χ2n) is 8.73. The molecule has 1 aliphatic heterocycles. The number of benzene rings is 2. The highest BCUT2D eigenvalue weighted by Gasteiger charge is 2.51. The molecule has 9 heteroatoms. The van der Waals surface area contributed by atoms with Crippen LogP contribution in [0.25, 0.3) is 0 Å².